The summed E-state index contributed by atoms with van der Waals surface area (Å²) < 4.78 is 0. The zero-order valence-corrected chi connectivity index (χ0v) is 12.6. The van der Waals surface area contributed by atoms with E-state index in [1.807, 2.05) is 13.8 Å². The average molecular weight is 301 g/mol. The maximum absolute atomic E-state index is 12.1. The van der Waals surface area contributed by atoms with Gasteiger partial charge in [-0.3, -0.25) is 4.79 Å². The van der Waals surface area contributed by atoms with E-state index in [0.717, 1.165) is 0 Å². The molecule has 0 unspecified atom stereocenters. The van der Waals surface area contributed by atoms with Crippen LogP contribution in [0.1, 0.15) is 35.6 Å². The number of nitrogen functional groups attached to an aromatic ring is 1. The summed E-state index contributed by atoms with van der Waals surface area (Å²) in [6, 6.07) is 5.12. The molecular weight excluding hydrogens is 282 g/mol. The minimum Gasteiger partial charge on any atom is -0.383 e. The van der Waals surface area contributed by atoms with Gasteiger partial charge in [-0.2, -0.15) is 4.98 Å². The summed E-state index contributed by atoms with van der Waals surface area (Å²) in [6.07, 6.45) is 2.25. The molecule has 0 atom stereocenters. The van der Waals surface area contributed by atoms with Gasteiger partial charge < -0.3 is 16.0 Å². The van der Waals surface area contributed by atoms with E-state index in [1.54, 1.807) is 24.4 Å². The maximum atomic E-state index is 12.1. The highest BCUT2D eigenvalue weighted by molar-refractivity contribution is 5.92. The van der Waals surface area contributed by atoms with Crippen LogP contribution in [0.5, 0.6) is 0 Å². The Kier molecular flexibility index (Phi) is 4.88. The van der Waals surface area contributed by atoms with E-state index in [-0.39, 0.29) is 12.2 Å². The van der Waals surface area contributed by atoms with Crippen molar-refractivity contribution in [3.8, 4) is 0 Å². The average Bonchev–Trinajstić information content (AvgIpc) is 2.44. The molecule has 0 aromatic carbocycles. The summed E-state index contributed by atoms with van der Waals surface area (Å²) in [7, 11) is 0. The maximum Gasteiger partial charge on any atom is 0.345 e. The van der Waals surface area contributed by atoms with Crippen molar-refractivity contribution >= 4 is 11.7 Å². The number of anilines is 1. The van der Waals surface area contributed by atoms with Gasteiger partial charge in [0.15, 0.2) is 0 Å². The van der Waals surface area contributed by atoms with Crippen LogP contribution in [0.3, 0.4) is 0 Å². The standard InChI is InChI=1S/C15H19N5O2/c1-9(2)6-11-7-12(20-15(22)19-11)14(21)18-8-10-4-3-5-17-13(10)16/h3-5,7,9H,6,8H2,1-2H3,(H2,16,17)(H,18,21)(H,19,20,22). The number of carbonyl (C=O) groups excluding carboxylic acids is 1. The molecule has 0 radical (unpaired) electrons. The highest BCUT2D eigenvalue weighted by Gasteiger charge is 2.11. The molecule has 1 amide bonds. The third-order valence-electron chi connectivity index (χ3n) is 3.03. The number of nitrogens with two attached hydrogens (primary N) is 1. The van der Waals surface area contributed by atoms with Crippen molar-refractivity contribution in [3.05, 3.63) is 51.8 Å². The third-order valence-corrected chi connectivity index (χ3v) is 3.03. The molecule has 0 aliphatic carbocycles. The molecule has 116 valence electrons. The number of hydrogen-bond acceptors (Lipinski definition) is 5. The second-order valence-electron chi connectivity index (χ2n) is 5.43. The number of aromatic nitrogens is 3. The minimum atomic E-state index is -0.524. The number of amides is 1. The lowest BCUT2D eigenvalue weighted by Crippen LogP contribution is -2.28. The van der Waals surface area contributed by atoms with Crippen LogP contribution in [0.15, 0.2) is 29.2 Å². The number of aromatic amines is 1. The second kappa shape index (κ2) is 6.84. The quantitative estimate of drug-likeness (QED) is 0.758. The molecule has 22 heavy (non-hydrogen) atoms. The Balaban J connectivity index is 2.11. The number of nitrogens with zero attached hydrogens (tertiary/aromatic N) is 2. The highest BCUT2D eigenvalue weighted by Crippen LogP contribution is 2.07. The van der Waals surface area contributed by atoms with E-state index in [9.17, 15) is 9.59 Å². The predicted molar refractivity (Wildman–Crippen MR) is 83.2 cm³/mol. The lowest BCUT2D eigenvalue weighted by atomic mass is 10.1. The lowest BCUT2D eigenvalue weighted by Gasteiger charge is -2.08. The zero-order valence-electron chi connectivity index (χ0n) is 12.6. The van der Waals surface area contributed by atoms with Gasteiger partial charge in [0.05, 0.1) is 0 Å². The first-order chi connectivity index (χ1) is 10.5. The van der Waals surface area contributed by atoms with E-state index in [2.05, 4.69) is 20.3 Å². The fourth-order valence-electron chi connectivity index (χ4n) is 2.04. The van der Waals surface area contributed by atoms with Gasteiger partial charge in [0.1, 0.15) is 11.5 Å². The summed E-state index contributed by atoms with van der Waals surface area (Å²) >= 11 is 0. The number of carbonyl (C=O) groups is 1. The Morgan fingerprint density at radius 3 is 2.91 bits per heavy atom. The van der Waals surface area contributed by atoms with E-state index < -0.39 is 11.6 Å². The molecule has 2 aromatic heterocycles. The Labute approximate surface area is 128 Å². The molecule has 2 aromatic rings. The Hall–Kier alpha value is -2.70. The molecular formula is C15H19N5O2. The van der Waals surface area contributed by atoms with Crippen LogP contribution in [0, 0.1) is 5.92 Å². The molecule has 0 saturated carbocycles. The zero-order chi connectivity index (χ0) is 16.1. The fourth-order valence-corrected chi connectivity index (χ4v) is 2.04. The third kappa shape index (κ3) is 4.15. The second-order valence-corrected chi connectivity index (χ2v) is 5.43. The molecule has 0 fully saturated rings. The number of hydrogen-bond donors (Lipinski definition) is 3. The molecule has 4 N–H and O–H groups in total. The van der Waals surface area contributed by atoms with E-state index in [0.29, 0.717) is 29.4 Å². The van der Waals surface area contributed by atoms with Crippen molar-refractivity contribution < 1.29 is 4.79 Å². The summed E-state index contributed by atoms with van der Waals surface area (Å²) in [5.41, 5.74) is 6.70. The van der Waals surface area contributed by atoms with Gasteiger partial charge in [0, 0.05) is 24.0 Å². The first kappa shape index (κ1) is 15.7. The molecule has 7 nitrogen and oxygen atoms in total. The molecule has 0 saturated heterocycles. The highest BCUT2D eigenvalue weighted by atomic mass is 16.2. The Bertz CT molecular complexity index is 724. The van der Waals surface area contributed by atoms with E-state index >= 15 is 0 Å². The van der Waals surface area contributed by atoms with Crippen molar-refractivity contribution in [2.24, 2.45) is 5.92 Å². The Morgan fingerprint density at radius 1 is 1.45 bits per heavy atom. The van der Waals surface area contributed by atoms with E-state index in [4.69, 9.17) is 5.73 Å². The van der Waals surface area contributed by atoms with Crippen molar-refractivity contribution in [2.75, 3.05) is 5.73 Å². The predicted octanol–water partition coefficient (Wildman–Crippen LogP) is 0.876. The van der Waals surface area contributed by atoms with Crippen LogP contribution in [-0.2, 0) is 13.0 Å². The largest absolute Gasteiger partial charge is 0.383 e. The van der Waals surface area contributed by atoms with Crippen LogP contribution in [-0.4, -0.2) is 20.9 Å². The van der Waals surface area contributed by atoms with E-state index in [1.165, 1.54) is 0 Å². The van der Waals surface area contributed by atoms with Crippen LogP contribution < -0.4 is 16.7 Å². The topological polar surface area (TPSA) is 114 Å². The van der Waals surface area contributed by atoms with Gasteiger partial charge in [-0.1, -0.05) is 19.9 Å². The summed E-state index contributed by atoms with van der Waals surface area (Å²) in [5, 5.41) is 2.69. The Morgan fingerprint density at radius 2 is 2.23 bits per heavy atom. The molecule has 0 bridgehead atoms. The smallest absolute Gasteiger partial charge is 0.345 e. The van der Waals surface area contributed by atoms with Gasteiger partial charge in [0.2, 0.25) is 0 Å². The summed E-state index contributed by atoms with van der Waals surface area (Å²) in [5.74, 6) is 0.311. The van der Waals surface area contributed by atoms with Crippen molar-refractivity contribution in [2.45, 2.75) is 26.8 Å². The molecule has 2 rings (SSSR count). The van der Waals surface area contributed by atoms with Gasteiger partial charge >= 0.3 is 5.69 Å². The summed E-state index contributed by atoms with van der Waals surface area (Å²) in [6.45, 7) is 4.29. The molecule has 2 heterocycles. The molecule has 7 heteroatoms. The van der Waals surface area contributed by atoms with Crippen LogP contribution in [0.2, 0.25) is 0 Å². The van der Waals surface area contributed by atoms with Crippen molar-refractivity contribution in [1.29, 1.82) is 0 Å². The summed E-state index contributed by atoms with van der Waals surface area (Å²) in [4.78, 5) is 34.0. The number of H-pyrrole nitrogens is 1. The minimum absolute atomic E-state index is 0.0989. The van der Waals surface area contributed by atoms with Crippen molar-refractivity contribution in [1.82, 2.24) is 20.3 Å². The number of rotatable bonds is 5. The number of nitrogens with one attached hydrogen (secondary N) is 2. The van der Waals surface area contributed by atoms with Gasteiger partial charge in [0.25, 0.3) is 5.91 Å². The number of pyridine rings is 1. The van der Waals surface area contributed by atoms with Gasteiger partial charge in [-0.15, -0.1) is 0 Å². The first-order valence-corrected chi connectivity index (χ1v) is 7.03. The monoisotopic (exact) mass is 301 g/mol. The normalized spacial score (nSPS) is 10.7. The lowest BCUT2D eigenvalue weighted by molar-refractivity contribution is 0.0945. The molecule has 0 aliphatic heterocycles. The fraction of sp³-hybridized carbons (Fsp3) is 0.333. The van der Waals surface area contributed by atoms with Gasteiger partial charge in [-0.25, -0.2) is 9.78 Å². The van der Waals surface area contributed by atoms with Crippen LogP contribution in [0.25, 0.3) is 0 Å². The van der Waals surface area contributed by atoms with Crippen LogP contribution in [0.4, 0.5) is 5.82 Å². The van der Waals surface area contributed by atoms with Crippen LogP contribution >= 0.6 is 0 Å². The van der Waals surface area contributed by atoms with Crippen molar-refractivity contribution in [3.63, 3.8) is 0 Å². The molecule has 0 spiro atoms. The molecule has 0 aliphatic rings. The van der Waals surface area contributed by atoms with Gasteiger partial charge in [-0.05, 0) is 24.5 Å². The first-order valence-electron chi connectivity index (χ1n) is 7.03. The SMILES string of the molecule is CC(C)Cc1cc(C(=O)NCc2cccnc2N)nc(=O)[nH]1.